The number of cyclic esters (lactones) is 3. The molecule has 8 unspecified atom stereocenters. The number of nitrogens with zero attached hydrogens (tertiary/aromatic N) is 4. The number of esters is 3. The number of carbonyl (C=O) groups is 8. The molecule has 15 nitrogen and oxygen atoms in total. The van der Waals surface area contributed by atoms with E-state index in [1.165, 1.54) is 56.7 Å². The van der Waals surface area contributed by atoms with Crippen molar-refractivity contribution in [3.8, 4) is 0 Å². The highest BCUT2D eigenvalue weighted by Crippen LogP contribution is 2.24. The Bertz CT molecular complexity index is 1700. The van der Waals surface area contributed by atoms with Crippen molar-refractivity contribution in [1.82, 2.24) is 19.6 Å². The second-order valence-electron chi connectivity index (χ2n) is 18.7. The van der Waals surface area contributed by atoms with Gasteiger partial charge < -0.3 is 33.8 Å². The van der Waals surface area contributed by atoms with Gasteiger partial charge in [-0.1, -0.05) is 92.6 Å². The summed E-state index contributed by atoms with van der Waals surface area (Å²) < 4.78 is 17.5. The summed E-state index contributed by atoms with van der Waals surface area (Å²) in [6, 6.07) is 4.42. The van der Waals surface area contributed by atoms with Gasteiger partial charge in [0.2, 0.25) is 5.91 Å². The van der Waals surface area contributed by atoms with E-state index in [1.807, 2.05) is 55.4 Å². The molecule has 0 aromatic heterocycles. The first-order valence-corrected chi connectivity index (χ1v) is 22.0. The minimum absolute atomic E-state index is 0.0415. The molecule has 0 N–H and O–H groups in total. The van der Waals surface area contributed by atoms with Gasteiger partial charge in [-0.25, -0.2) is 14.4 Å². The van der Waals surface area contributed by atoms with Gasteiger partial charge in [0.15, 0.2) is 24.1 Å². The summed E-state index contributed by atoms with van der Waals surface area (Å²) in [6.07, 6.45) is -3.78. The van der Waals surface area contributed by atoms with Crippen molar-refractivity contribution in [2.45, 2.75) is 157 Å². The largest absolute Gasteiger partial charge is 0.451 e. The Morgan fingerprint density at radius 1 is 0.484 bits per heavy atom. The normalized spacial score (nSPS) is 26.7. The molecule has 4 amide bonds. The number of ketones is 1. The Hall–Kier alpha value is -4.82. The third kappa shape index (κ3) is 15.2. The summed E-state index contributed by atoms with van der Waals surface area (Å²) in [5.41, 5.74) is 0.672. The van der Waals surface area contributed by atoms with Crippen LogP contribution in [0.15, 0.2) is 30.3 Å². The van der Waals surface area contributed by atoms with E-state index in [9.17, 15) is 38.4 Å². The summed E-state index contributed by atoms with van der Waals surface area (Å²) >= 11 is 0. The zero-order valence-electron chi connectivity index (χ0n) is 39.8. The smallest absolute Gasteiger partial charge is 0.329 e. The van der Waals surface area contributed by atoms with Crippen LogP contribution in [0.4, 0.5) is 0 Å². The monoisotopic (exact) mass is 871 g/mol. The lowest BCUT2D eigenvalue weighted by atomic mass is 9.92. The van der Waals surface area contributed by atoms with Crippen LogP contribution in [0.25, 0.3) is 0 Å². The Kier molecular flexibility index (Phi) is 20.8. The molecule has 1 aliphatic heterocycles. The van der Waals surface area contributed by atoms with Gasteiger partial charge in [0, 0.05) is 47.0 Å². The molecule has 1 fully saturated rings. The predicted molar refractivity (Wildman–Crippen MR) is 234 cm³/mol. The zero-order chi connectivity index (χ0) is 47.3. The van der Waals surface area contributed by atoms with Crippen molar-refractivity contribution in [1.29, 1.82) is 0 Å². The molecule has 1 aromatic rings. The van der Waals surface area contributed by atoms with Gasteiger partial charge in [-0.15, -0.1) is 0 Å². The van der Waals surface area contributed by atoms with Crippen LogP contribution < -0.4 is 0 Å². The minimum atomic E-state index is -1.43. The van der Waals surface area contributed by atoms with Crippen LogP contribution in [0.2, 0.25) is 0 Å². The molecular weight excluding hydrogens is 797 g/mol. The molecule has 348 valence electrons. The van der Waals surface area contributed by atoms with E-state index in [-0.39, 0.29) is 68.0 Å². The Labute approximate surface area is 369 Å². The van der Waals surface area contributed by atoms with Crippen molar-refractivity contribution in [3.63, 3.8) is 0 Å². The quantitative estimate of drug-likeness (QED) is 0.226. The van der Waals surface area contributed by atoms with E-state index in [1.54, 1.807) is 37.3 Å². The average molecular weight is 871 g/mol. The highest BCUT2D eigenvalue weighted by atomic mass is 16.6. The molecule has 15 heteroatoms. The second-order valence-corrected chi connectivity index (χ2v) is 18.7. The molecule has 0 spiro atoms. The maximum Gasteiger partial charge on any atom is 0.329 e. The van der Waals surface area contributed by atoms with Gasteiger partial charge in [0.25, 0.3) is 17.7 Å². The van der Waals surface area contributed by atoms with Crippen molar-refractivity contribution in [3.05, 3.63) is 35.9 Å². The van der Waals surface area contributed by atoms with E-state index in [4.69, 9.17) is 14.2 Å². The van der Waals surface area contributed by atoms with Crippen LogP contribution in [0, 0.1) is 29.6 Å². The SMILES string of the molecule is CC(C)CC1C(=O)OC(Cc2ccccc2)C(=O)N(C)C(CC(C)C)C(=O)OC(C)C(=O)N(C)C(CC(C)C)C(=O)OC(C)C(=O)N(C)C(CC(C)C)C(=O)CC(C)C(=O)N1C. The van der Waals surface area contributed by atoms with Crippen molar-refractivity contribution in [2.24, 2.45) is 29.6 Å². The van der Waals surface area contributed by atoms with Gasteiger partial charge in [-0.05, 0) is 68.8 Å². The van der Waals surface area contributed by atoms with Crippen molar-refractivity contribution < 1.29 is 52.6 Å². The number of likely N-dealkylation sites (N-methyl/N-ethyl adjacent to an activating group) is 4. The lowest BCUT2D eigenvalue weighted by molar-refractivity contribution is -0.173. The lowest BCUT2D eigenvalue weighted by Gasteiger charge is -2.35. The summed E-state index contributed by atoms with van der Waals surface area (Å²) in [4.78, 5) is 118. The number of hydrogen-bond acceptors (Lipinski definition) is 11. The van der Waals surface area contributed by atoms with Crippen LogP contribution in [-0.4, -0.2) is 138 Å². The first-order chi connectivity index (χ1) is 28.8. The number of Topliss-reactive ketones (excluding diaryl/α,β-unsaturated/α-hetero) is 1. The fourth-order valence-electron chi connectivity index (χ4n) is 7.65. The Morgan fingerprint density at radius 2 is 0.823 bits per heavy atom. The molecule has 0 radical (unpaired) electrons. The fraction of sp³-hybridized carbons (Fsp3) is 0.702. The number of ether oxygens (including phenoxy) is 3. The maximum absolute atomic E-state index is 14.5. The Morgan fingerprint density at radius 3 is 1.23 bits per heavy atom. The number of carbonyl (C=O) groups excluding carboxylic acids is 8. The van der Waals surface area contributed by atoms with E-state index >= 15 is 0 Å². The molecular formula is C47H74N4O11. The Balaban J connectivity index is 2.79. The van der Waals surface area contributed by atoms with Crippen molar-refractivity contribution in [2.75, 3.05) is 28.2 Å². The highest BCUT2D eigenvalue weighted by Gasteiger charge is 2.41. The van der Waals surface area contributed by atoms with Crippen LogP contribution in [0.1, 0.15) is 114 Å². The summed E-state index contributed by atoms with van der Waals surface area (Å²) in [7, 11) is 5.70. The number of rotatable bonds is 10. The standard InChI is InChI=1S/C47H74N4O11/c1-27(2)21-35-39(52)25-31(9)41(53)49(13)38(24-30(7)8)47(59)62-40(26-34-19-17-16-18-20-34)44(56)51(15)37(23-29(5)6)46(58)61-33(11)43(55)50(14)36(22-28(3)4)45(57)60-32(10)42(54)48(35)12/h16-20,27-33,35-38,40H,21-26H2,1-15H3. The second kappa shape index (κ2) is 24.1. The number of amides is 4. The summed E-state index contributed by atoms with van der Waals surface area (Å²) in [6.45, 7) is 19.3. The van der Waals surface area contributed by atoms with Crippen molar-refractivity contribution >= 4 is 47.3 Å². The first-order valence-electron chi connectivity index (χ1n) is 22.0. The summed E-state index contributed by atoms with van der Waals surface area (Å²) in [5.74, 6) is -6.83. The number of hydrogen-bond donors (Lipinski definition) is 0. The third-order valence-electron chi connectivity index (χ3n) is 11.2. The van der Waals surface area contributed by atoms with Gasteiger partial charge in [-0.2, -0.15) is 0 Å². The average Bonchev–Trinajstić information content (AvgIpc) is 3.19. The molecule has 1 heterocycles. The van der Waals surface area contributed by atoms with Crippen LogP contribution in [0.5, 0.6) is 0 Å². The molecule has 1 aromatic carbocycles. The van der Waals surface area contributed by atoms with E-state index in [0.717, 1.165) is 4.90 Å². The predicted octanol–water partition coefficient (Wildman–Crippen LogP) is 5.11. The molecule has 1 aliphatic rings. The van der Waals surface area contributed by atoms with Gasteiger partial charge >= 0.3 is 17.9 Å². The van der Waals surface area contributed by atoms with Gasteiger partial charge in [-0.3, -0.25) is 24.0 Å². The fourth-order valence-corrected chi connectivity index (χ4v) is 7.65. The molecule has 1 saturated heterocycles. The minimum Gasteiger partial charge on any atom is -0.451 e. The summed E-state index contributed by atoms with van der Waals surface area (Å²) in [5, 5.41) is 0. The highest BCUT2D eigenvalue weighted by molar-refractivity contribution is 5.96. The maximum atomic E-state index is 14.5. The molecule has 0 aliphatic carbocycles. The first kappa shape index (κ1) is 53.3. The molecule has 62 heavy (non-hydrogen) atoms. The van der Waals surface area contributed by atoms with Crippen LogP contribution >= 0.6 is 0 Å². The lowest BCUT2D eigenvalue weighted by Crippen LogP contribution is -2.54. The van der Waals surface area contributed by atoms with Gasteiger partial charge in [0.1, 0.15) is 18.1 Å². The zero-order valence-corrected chi connectivity index (χ0v) is 39.8. The molecule has 0 bridgehead atoms. The van der Waals surface area contributed by atoms with E-state index < -0.39 is 89.9 Å². The van der Waals surface area contributed by atoms with Crippen LogP contribution in [0.3, 0.4) is 0 Å². The molecule has 0 saturated carbocycles. The van der Waals surface area contributed by atoms with Gasteiger partial charge in [0.05, 0.1) is 6.04 Å². The van der Waals surface area contributed by atoms with E-state index in [0.29, 0.717) is 5.56 Å². The van der Waals surface area contributed by atoms with Crippen LogP contribution in [-0.2, 0) is 59.0 Å². The third-order valence-corrected chi connectivity index (χ3v) is 11.2. The van der Waals surface area contributed by atoms with E-state index in [2.05, 4.69) is 0 Å². The molecule has 2 rings (SSSR count). The topological polar surface area (TPSA) is 177 Å². The number of benzene rings is 1. The molecule has 8 atom stereocenters.